The summed E-state index contributed by atoms with van der Waals surface area (Å²) in [6.45, 7) is 1.77. The normalized spacial score (nSPS) is 11.5. The maximum atomic E-state index is 11.5. The second kappa shape index (κ2) is 8.04. The van der Waals surface area contributed by atoms with Crippen LogP contribution in [0.1, 0.15) is 13.3 Å². The molecule has 0 bridgehead atoms. The van der Waals surface area contributed by atoms with Gasteiger partial charge in [-0.25, -0.2) is 0 Å². The van der Waals surface area contributed by atoms with Gasteiger partial charge in [-0.1, -0.05) is 19.1 Å². The van der Waals surface area contributed by atoms with E-state index in [2.05, 4.69) is 5.32 Å². The van der Waals surface area contributed by atoms with E-state index in [1.165, 1.54) is 7.11 Å². The van der Waals surface area contributed by atoms with Crippen LogP contribution in [0.3, 0.4) is 0 Å². The minimum Gasteiger partial charge on any atom is -0.493 e. The molecule has 1 aromatic rings. The molecular weight excluding hydrogens is 262 g/mol. The van der Waals surface area contributed by atoms with Crippen molar-refractivity contribution in [3.05, 3.63) is 24.3 Å². The zero-order valence-corrected chi connectivity index (χ0v) is 11.6. The molecule has 1 atom stereocenters. The first-order valence-corrected chi connectivity index (χ1v) is 6.30. The lowest BCUT2D eigenvalue weighted by atomic mass is 10.1. The highest BCUT2D eigenvalue weighted by atomic mass is 16.5. The molecule has 2 N–H and O–H groups in total. The van der Waals surface area contributed by atoms with E-state index < -0.39 is 11.9 Å². The van der Waals surface area contributed by atoms with Crippen LogP contribution in [0.4, 0.5) is 0 Å². The van der Waals surface area contributed by atoms with E-state index in [4.69, 9.17) is 14.6 Å². The number of methoxy groups -OCH3 is 1. The van der Waals surface area contributed by atoms with Gasteiger partial charge in [-0.2, -0.15) is 0 Å². The molecule has 20 heavy (non-hydrogen) atoms. The van der Waals surface area contributed by atoms with Crippen LogP contribution in [0.15, 0.2) is 24.3 Å². The molecule has 0 heterocycles. The summed E-state index contributed by atoms with van der Waals surface area (Å²) in [5.41, 5.74) is 0. The molecule has 1 aromatic carbocycles. The summed E-state index contributed by atoms with van der Waals surface area (Å²) in [5.74, 6) is -0.604. The summed E-state index contributed by atoms with van der Waals surface area (Å²) < 4.78 is 10.4. The van der Waals surface area contributed by atoms with E-state index in [0.29, 0.717) is 24.5 Å². The Balaban J connectivity index is 2.31. The molecule has 0 aliphatic carbocycles. The van der Waals surface area contributed by atoms with Crippen LogP contribution in [-0.2, 0) is 9.59 Å². The minimum atomic E-state index is -0.871. The number of rotatable bonds is 8. The zero-order valence-electron chi connectivity index (χ0n) is 11.6. The van der Waals surface area contributed by atoms with Gasteiger partial charge in [-0.05, 0) is 18.6 Å². The average molecular weight is 281 g/mol. The topological polar surface area (TPSA) is 84.9 Å². The molecule has 1 amide bonds. The summed E-state index contributed by atoms with van der Waals surface area (Å²) in [5, 5.41) is 11.3. The Labute approximate surface area is 117 Å². The third kappa shape index (κ3) is 5.17. The zero-order chi connectivity index (χ0) is 15.0. The molecule has 6 heteroatoms. The summed E-state index contributed by atoms with van der Waals surface area (Å²) in [6.07, 6.45) is 0.385. The van der Waals surface area contributed by atoms with Gasteiger partial charge in [0.05, 0.1) is 13.0 Å². The van der Waals surface area contributed by atoms with Crippen molar-refractivity contribution in [2.24, 2.45) is 5.92 Å². The van der Waals surface area contributed by atoms with Gasteiger partial charge < -0.3 is 19.9 Å². The molecule has 1 unspecified atom stereocenters. The number of para-hydroxylation sites is 2. The van der Waals surface area contributed by atoms with E-state index in [0.717, 1.165) is 0 Å². The molecule has 1 rings (SSSR count). The Morgan fingerprint density at radius 1 is 1.30 bits per heavy atom. The van der Waals surface area contributed by atoms with E-state index in [-0.39, 0.29) is 12.5 Å². The average Bonchev–Trinajstić information content (AvgIpc) is 2.45. The highest BCUT2D eigenvalue weighted by molar-refractivity contribution is 5.77. The predicted molar refractivity (Wildman–Crippen MR) is 72.9 cm³/mol. The molecule has 0 saturated heterocycles. The van der Waals surface area contributed by atoms with Crippen molar-refractivity contribution in [1.82, 2.24) is 5.32 Å². The van der Waals surface area contributed by atoms with Gasteiger partial charge in [0.1, 0.15) is 0 Å². The van der Waals surface area contributed by atoms with Crippen LogP contribution in [0.5, 0.6) is 11.5 Å². The molecule has 0 aromatic heterocycles. The fourth-order valence-corrected chi connectivity index (χ4v) is 1.48. The van der Waals surface area contributed by atoms with Crippen LogP contribution in [0, 0.1) is 5.92 Å². The smallest absolute Gasteiger partial charge is 0.306 e. The number of aliphatic carboxylic acids is 1. The number of hydrogen-bond acceptors (Lipinski definition) is 4. The molecule has 0 aliphatic rings. The molecule has 110 valence electrons. The van der Waals surface area contributed by atoms with Gasteiger partial charge in [0.15, 0.2) is 18.1 Å². The number of carboxylic acids is 1. The highest BCUT2D eigenvalue weighted by Crippen LogP contribution is 2.25. The van der Waals surface area contributed by atoms with E-state index in [1.54, 1.807) is 31.2 Å². The standard InChI is InChI=1S/C14H19NO5/c1-10(14(17)18)7-8-15-13(16)9-20-12-6-4-3-5-11(12)19-2/h3-6,10H,7-9H2,1-2H3,(H,15,16)(H,17,18). The second-order valence-electron chi connectivity index (χ2n) is 4.32. The van der Waals surface area contributed by atoms with Crippen molar-refractivity contribution in [2.45, 2.75) is 13.3 Å². The largest absolute Gasteiger partial charge is 0.493 e. The number of hydrogen-bond donors (Lipinski definition) is 2. The summed E-state index contributed by atoms with van der Waals surface area (Å²) in [6, 6.07) is 7.03. The summed E-state index contributed by atoms with van der Waals surface area (Å²) in [7, 11) is 1.52. The maximum absolute atomic E-state index is 11.5. The van der Waals surface area contributed by atoms with Crippen molar-refractivity contribution >= 4 is 11.9 Å². The molecule has 0 radical (unpaired) electrons. The molecule has 0 aliphatic heterocycles. The van der Waals surface area contributed by atoms with Gasteiger partial charge in [-0.3, -0.25) is 9.59 Å². The fraction of sp³-hybridized carbons (Fsp3) is 0.429. The first kappa shape index (κ1) is 15.8. The van der Waals surface area contributed by atoms with Gasteiger partial charge in [0.2, 0.25) is 0 Å². The Morgan fingerprint density at radius 3 is 2.55 bits per heavy atom. The lowest BCUT2D eigenvalue weighted by molar-refractivity contribution is -0.141. The minimum absolute atomic E-state index is 0.137. The van der Waals surface area contributed by atoms with E-state index in [9.17, 15) is 9.59 Å². The van der Waals surface area contributed by atoms with Crippen molar-refractivity contribution in [3.63, 3.8) is 0 Å². The second-order valence-corrected chi connectivity index (χ2v) is 4.32. The Bertz CT molecular complexity index is 461. The Kier molecular flexibility index (Phi) is 6.36. The van der Waals surface area contributed by atoms with Crippen LogP contribution < -0.4 is 14.8 Å². The van der Waals surface area contributed by atoms with Crippen LogP contribution in [0.25, 0.3) is 0 Å². The number of carboxylic acid groups (broad SMARTS) is 1. The number of nitrogens with one attached hydrogen (secondary N) is 1. The van der Waals surface area contributed by atoms with Gasteiger partial charge in [0.25, 0.3) is 5.91 Å². The number of carbonyl (C=O) groups is 2. The quantitative estimate of drug-likeness (QED) is 0.750. The van der Waals surface area contributed by atoms with E-state index >= 15 is 0 Å². The number of benzene rings is 1. The highest BCUT2D eigenvalue weighted by Gasteiger charge is 2.11. The van der Waals surface area contributed by atoms with E-state index in [1.807, 2.05) is 0 Å². The number of carbonyl (C=O) groups excluding carboxylic acids is 1. The maximum Gasteiger partial charge on any atom is 0.306 e. The number of ether oxygens (including phenoxy) is 2. The van der Waals surface area contributed by atoms with Crippen molar-refractivity contribution in [1.29, 1.82) is 0 Å². The summed E-state index contributed by atoms with van der Waals surface area (Å²) in [4.78, 5) is 22.1. The predicted octanol–water partition coefficient (Wildman–Crippen LogP) is 1.30. The van der Waals surface area contributed by atoms with Crippen LogP contribution in [-0.4, -0.2) is 37.2 Å². The van der Waals surface area contributed by atoms with Crippen molar-refractivity contribution in [3.8, 4) is 11.5 Å². The molecule has 0 fully saturated rings. The Hall–Kier alpha value is -2.24. The fourth-order valence-electron chi connectivity index (χ4n) is 1.48. The monoisotopic (exact) mass is 281 g/mol. The molecule has 6 nitrogen and oxygen atoms in total. The third-order valence-corrected chi connectivity index (χ3v) is 2.75. The Morgan fingerprint density at radius 2 is 1.95 bits per heavy atom. The molecular formula is C14H19NO5. The van der Waals surface area contributed by atoms with Crippen LogP contribution >= 0.6 is 0 Å². The van der Waals surface area contributed by atoms with Gasteiger partial charge >= 0.3 is 5.97 Å². The first-order chi connectivity index (χ1) is 9.54. The van der Waals surface area contributed by atoms with Crippen LogP contribution in [0.2, 0.25) is 0 Å². The summed E-state index contributed by atoms with van der Waals surface area (Å²) >= 11 is 0. The first-order valence-electron chi connectivity index (χ1n) is 6.30. The number of amides is 1. The van der Waals surface area contributed by atoms with Crippen molar-refractivity contribution in [2.75, 3.05) is 20.3 Å². The SMILES string of the molecule is COc1ccccc1OCC(=O)NCCC(C)C(=O)O. The third-order valence-electron chi connectivity index (χ3n) is 2.75. The lowest BCUT2D eigenvalue weighted by Gasteiger charge is -2.11. The lowest BCUT2D eigenvalue weighted by Crippen LogP contribution is -2.31. The van der Waals surface area contributed by atoms with Crippen molar-refractivity contribution < 1.29 is 24.2 Å². The van der Waals surface area contributed by atoms with Gasteiger partial charge in [-0.15, -0.1) is 0 Å². The van der Waals surface area contributed by atoms with Gasteiger partial charge in [0, 0.05) is 6.54 Å². The molecule has 0 spiro atoms. The molecule has 0 saturated carbocycles.